The molecule has 2 atom stereocenters. The number of carbonyl (C=O) groups excluding carboxylic acids is 1. The number of rotatable bonds is 9. The zero-order valence-electron chi connectivity index (χ0n) is 12.6. The topological polar surface area (TPSA) is 63.3 Å². The number of nitrogens with two attached hydrogens (primary N) is 1. The van der Waals surface area contributed by atoms with Crippen molar-refractivity contribution in [3.63, 3.8) is 0 Å². The van der Waals surface area contributed by atoms with Crippen LogP contribution in [0.25, 0.3) is 0 Å². The second-order valence-electron chi connectivity index (χ2n) is 5.86. The van der Waals surface area contributed by atoms with E-state index in [-0.39, 0.29) is 5.41 Å². The van der Waals surface area contributed by atoms with Gasteiger partial charge in [0.25, 0.3) is 0 Å². The van der Waals surface area contributed by atoms with E-state index in [9.17, 15) is 9.90 Å². The molecular weight excluding hydrogens is 250 g/mol. The Morgan fingerprint density at radius 2 is 2.15 bits per heavy atom. The second kappa shape index (κ2) is 8.18. The molecule has 0 fully saturated rings. The SMILES string of the molecule is CCCC(C)(C=O)CCc1cccc(C(O)CCN)c1. The molecule has 0 aliphatic rings. The van der Waals surface area contributed by atoms with Gasteiger partial charge in [-0.2, -0.15) is 0 Å². The van der Waals surface area contributed by atoms with Gasteiger partial charge in [0, 0.05) is 5.41 Å². The van der Waals surface area contributed by atoms with Crippen LogP contribution in [0.1, 0.15) is 56.8 Å². The first-order chi connectivity index (χ1) is 9.54. The van der Waals surface area contributed by atoms with Crippen LogP contribution in [0.3, 0.4) is 0 Å². The van der Waals surface area contributed by atoms with E-state index >= 15 is 0 Å². The Hall–Kier alpha value is -1.19. The molecule has 0 radical (unpaired) electrons. The van der Waals surface area contributed by atoms with Crippen LogP contribution in [0.5, 0.6) is 0 Å². The Balaban J connectivity index is 2.68. The molecule has 20 heavy (non-hydrogen) atoms. The molecule has 0 heterocycles. The third-order valence-corrected chi connectivity index (χ3v) is 3.87. The summed E-state index contributed by atoms with van der Waals surface area (Å²) in [6, 6.07) is 7.96. The highest BCUT2D eigenvalue weighted by Crippen LogP contribution is 2.27. The fraction of sp³-hybridized carbons (Fsp3) is 0.588. The lowest BCUT2D eigenvalue weighted by Gasteiger charge is -2.22. The predicted octanol–water partition coefficient (Wildman–Crippen LogP) is 3.01. The van der Waals surface area contributed by atoms with E-state index in [1.54, 1.807) is 0 Å². The first-order valence-corrected chi connectivity index (χ1v) is 7.48. The fourth-order valence-corrected chi connectivity index (χ4v) is 2.52. The molecule has 0 aliphatic heterocycles. The summed E-state index contributed by atoms with van der Waals surface area (Å²) >= 11 is 0. The van der Waals surface area contributed by atoms with Crippen molar-refractivity contribution in [3.05, 3.63) is 35.4 Å². The number of hydrogen-bond donors (Lipinski definition) is 2. The maximum atomic E-state index is 11.2. The Morgan fingerprint density at radius 1 is 1.40 bits per heavy atom. The van der Waals surface area contributed by atoms with E-state index in [2.05, 4.69) is 13.0 Å². The summed E-state index contributed by atoms with van der Waals surface area (Å²) in [7, 11) is 0. The molecule has 0 aliphatic carbocycles. The number of carbonyl (C=O) groups is 1. The quantitative estimate of drug-likeness (QED) is 0.682. The van der Waals surface area contributed by atoms with Crippen LogP contribution >= 0.6 is 0 Å². The van der Waals surface area contributed by atoms with Crippen molar-refractivity contribution in [2.24, 2.45) is 11.1 Å². The summed E-state index contributed by atoms with van der Waals surface area (Å²) in [5.74, 6) is 0. The minimum atomic E-state index is -0.493. The van der Waals surface area contributed by atoms with E-state index in [0.29, 0.717) is 13.0 Å². The van der Waals surface area contributed by atoms with Crippen LogP contribution in [0.15, 0.2) is 24.3 Å². The third kappa shape index (κ3) is 5.06. The van der Waals surface area contributed by atoms with Crippen LogP contribution in [0.2, 0.25) is 0 Å². The van der Waals surface area contributed by atoms with Crippen molar-refractivity contribution in [3.8, 4) is 0 Å². The first kappa shape index (κ1) is 16.9. The van der Waals surface area contributed by atoms with E-state index in [1.165, 1.54) is 5.56 Å². The van der Waals surface area contributed by atoms with Gasteiger partial charge < -0.3 is 15.6 Å². The molecule has 112 valence electrons. The largest absolute Gasteiger partial charge is 0.388 e. The normalized spacial score (nSPS) is 15.6. The zero-order chi connectivity index (χ0) is 15.0. The lowest BCUT2D eigenvalue weighted by atomic mass is 9.81. The van der Waals surface area contributed by atoms with Gasteiger partial charge in [-0.05, 0) is 43.4 Å². The molecule has 1 aromatic carbocycles. The maximum absolute atomic E-state index is 11.2. The second-order valence-corrected chi connectivity index (χ2v) is 5.86. The van der Waals surface area contributed by atoms with Gasteiger partial charge in [0.2, 0.25) is 0 Å². The van der Waals surface area contributed by atoms with Crippen molar-refractivity contribution in [1.29, 1.82) is 0 Å². The molecule has 0 aromatic heterocycles. The molecule has 0 saturated heterocycles. The Morgan fingerprint density at radius 3 is 2.75 bits per heavy atom. The first-order valence-electron chi connectivity index (χ1n) is 7.48. The molecule has 0 amide bonds. The van der Waals surface area contributed by atoms with Crippen molar-refractivity contribution in [2.75, 3.05) is 6.54 Å². The number of aryl methyl sites for hydroxylation is 1. The van der Waals surface area contributed by atoms with Crippen molar-refractivity contribution in [1.82, 2.24) is 0 Å². The van der Waals surface area contributed by atoms with Gasteiger partial charge in [-0.15, -0.1) is 0 Å². The van der Waals surface area contributed by atoms with Crippen molar-refractivity contribution >= 4 is 6.29 Å². The monoisotopic (exact) mass is 277 g/mol. The average Bonchev–Trinajstić information content (AvgIpc) is 2.46. The molecule has 1 rings (SSSR count). The minimum Gasteiger partial charge on any atom is -0.388 e. The fourth-order valence-electron chi connectivity index (χ4n) is 2.52. The minimum absolute atomic E-state index is 0.235. The summed E-state index contributed by atoms with van der Waals surface area (Å²) < 4.78 is 0. The molecule has 2 unspecified atom stereocenters. The molecule has 3 nitrogen and oxygen atoms in total. The van der Waals surface area contributed by atoms with Crippen LogP contribution in [-0.2, 0) is 11.2 Å². The van der Waals surface area contributed by atoms with Crippen molar-refractivity contribution < 1.29 is 9.90 Å². The lowest BCUT2D eigenvalue weighted by Crippen LogP contribution is -2.18. The number of aldehydes is 1. The van der Waals surface area contributed by atoms with E-state index in [4.69, 9.17) is 5.73 Å². The molecule has 3 heteroatoms. The zero-order valence-corrected chi connectivity index (χ0v) is 12.6. The Kier molecular flexibility index (Phi) is 6.89. The Bertz CT molecular complexity index is 419. The van der Waals surface area contributed by atoms with Gasteiger partial charge in [0.05, 0.1) is 6.10 Å². The van der Waals surface area contributed by atoms with E-state index < -0.39 is 6.10 Å². The summed E-state index contributed by atoms with van der Waals surface area (Å²) in [5, 5.41) is 9.97. The summed E-state index contributed by atoms with van der Waals surface area (Å²) in [6.45, 7) is 4.60. The smallest absolute Gasteiger partial charge is 0.125 e. The molecule has 0 spiro atoms. The molecule has 0 saturated carbocycles. The number of aliphatic hydroxyl groups excluding tert-OH is 1. The van der Waals surface area contributed by atoms with Crippen LogP contribution in [0.4, 0.5) is 0 Å². The Labute approximate surface area is 122 Å². The van der Waals surface area contributed by atoms with Gasteiger partial charge in [-0.3, -0.25) is 0 Å². The van der Waals surface area contributed by atoms with E-state index in [0.717, 1.165) is 37.5 Å². The maximum Gasteiger partial charge on any atom is 0.125 e. The summed E-state index contributed by atoms with van der Waals surface area (Å²) in [6.07, 6.45) is 4.82. The van der Waals surface area contributed by atoms with E-state index in [1.807, 2.05) is 25.1 Å². The van der Waals surface area contributed by atoms with Crippen molar-refractivity contribution in [2.45, 2.75) is 52.1 Å². The molecule has 0 bridgehead atoms. The highest BCUT2D eigenvalue weighted by atomic mass is 16.3. The third-order valence-electron chi connectivity index (χ3n) is 3.87. The molecule has 1 aromatic rings. The van der Waals surface area contributed by atoms with Gasteiger partial charge in [-0.25, -0.2) is 0 Å². The predicted molar refractivity (Wildman–Crippen MR) is 82.5 cm³/mol. The highest BCUT2D eigenvalue weighted by Gasteiger charge is 2.22. The standard InChI is InChI=1S/C17H27NO2/c1-3-9-17(2,13-19)10-7-14-5-4-6-15(12-14)16(20)8-11-18/h4-6,12-13,16,20H,3,7-11,18H2,1-2H3. The molecular formula is C17H27NO2. The van der Waals surface area contributed by atoms with Gasteiger partial charge in [-0.1, -0.05) is 44.5 Å². The van der Waals surface area contributed by atoms with Gasteiger partial charge in [0.15, 0.2) is 0 Å². The number of aliphatic hydroxyl groups is 1. The molecule has 3 N–H and O–H groups in total. The summed E-state index contributed by atoms with van der Waals surface area (Å²) in [4.78, 5) is 11.2. The average molecular weight is 277 g/mol. The van der Waals surface area contributed by atoms with Crippen LogP contribution in [-0.4, -0.2) is 17.9 Å². The summed E-state index contributed by atoms with van der Waals surface area (Å²) in [5.41, 5.74) is 7.32. The van der Waals surface area contributed by atoms with Gasteiger partial charge >= 0.3 is 0 Å². The van der Waals surface area contributed by atoms with Crippen LogP contribution < -0.4 is 5.73 Å². The van der Waals surface area contributed by atoms with Gasteiger partial charge in [0.1, 0.15) is 6.29 Å². The lowest BCUT2D eigenvalue weighted by molar-refractivity contribution is -0.116. The highest BCUT2D eigenvalue weighted by molar-refractivity contribution is 5.58. The number of hydrogen-bond acceptors (Lipinski definition) is 3. The number of benzene rings is 1. The van der Waals surface area contributed by atoms with Crippen LogP contribution in [0, 0.1) is 5.41 Å².